The van der Waals surface area contributed by atoms with E-state index in [9.17, 15) is 9.59 Å². The monoisotopic (exact) mass is 581 g/mol. The highest BCUT2D eigenvalue weighted by atomic mass is 35.5. The number of aromatic nitrogens is 1. The van der Waals surface area contributed by atoms with Crippen molar-refractivity contribution in [2.45, 2.75) is 0 Å². The van der Waals surface area contributed by atoms with E-state index in [1.807, 2.05) is 66.0 Å². The van der Waals surface area contributed by atoms with Crippen LogP contribution in [0.4, 0.5) is 16.5 Å². The van der Waals surface area contributed by atoms with E-state index in [1.165, 1.54) is 17.6 Å². The second kappa shape index (κ2) is 13.4. The molecular formula is C31H24ClN5O3S. The minimum atomic E-state index is -0.364. The largest absolute Gasteiger partial charge is 0.483 e. The summed E-state index contributed by atoms with van der Waals surface area (Å²) in [5.41, 5.74) is 6.85. The molecule has 2 amide bonds. The first-order valence-electron chi connectivity index (χ1n) is 12.5. The Kier molecular flexibility index (Phi) is 9.00. The fourth-order valence-electron chi connectivity index (χ4n) is 3.72. The van der Waals surface area contributed by atoms with Crippen LogP contribution in [0.3, 0.4) is 0 Å². The van der Waals surface area contributed by atoms with Crippen molar-refractivity contribution >= 4 is 57.5 Å². The second-order valence-electron chi connectivity index (χ2n) is 8.69. The van der Waals surface area contributed by atoms with Crippen molar-refractivity contribution in [2.75, 3.05) is 17.2 Å². The number of hydrogen-bond donors (Lipinski definition) is 3. The number of halogens is 1. The van der Waals surface area contributed by atoms with Gasteiger partial charge in [0.1, 0.15) is 5.75 Å². The third kappa shape index (κ3) is 7.78. The molecule has 5 aromatic rings. The van der Waals surface area contributed by atoms with Crippen molar-refractivity contribution in [2.24, 2.45) is 5.10 Å². The Balaban J connectivity index is 1.14. The maximum absolute atomic E-state index is 12.6. The maximum atomic E-state index is 12.6. The molecular weight excluding hydrogens is 558 g/mol. The van der Waals surface area contributed by atoms with Gasteiger partial charge in [0.25, 0.3) is 11.8 Å². The standard InChI is InChI=1S/C31H24ClN5O3S/c32-24-14-16-26(17-15-24)35-31-36-27(20-41-31)21-10-12-22(13-11-21)30(39)37-33-18-23-6-4-5-9-28(23)40-19-29(38)34-25-7-2-1-3-8-25/h1-18,20H,19H2,(H,34,38)(H,35,36)(H,37,39)/b33-18-. The molecule has 0 spiro atoms. The number of amides is 2. The van der Waals surface area contributed by atoms with E-state index >= 15 is 0 Å². The van der Waals surface area contributed by atoms with Crippen LogP contribution in [-0.4, -0.2) is 29.6 Å². The summed E-state index contributed by atoms with van der Waals surface area (Å²) >= 11 is 7.43. The number of thiazole rings is 1. The smallest absolute Gasteiger partial charge is 0.271 e. The maximum Gasteiger partial charge on any atom is 0.271 e. The number of para-hydroxylation sites is 2. The lowest BCUT2D eigenvalue weighted by atomic mass is 10.1. The van der Waals surface area contributed by atoms with E-state index < -0.39 is 0 Å². The lowest BCUT2D eigenvalue weighted by Crippen LogP contribution is -2.20. The van der Waals surface area contributed by atoms with Crippen molar-refractivity contribution < 1.29 is 14.3 Å². The summed E-state index contributed by atoms with van der Waals surface area (Å²) in [5, 5.41) is 13.5. The van der Waals surface area contributed by atoms with Crippen molar-refractivity contribution in [1.82, 2.24) is 10.4 Å². The zero-order valence-corrected chi connectivity index (χ0v) is 23.2. The number of ether oxygens (including phenoxy) is 1. The Bertz CT molecular complexity index is 1660. The molecule has 8 nitrogen and oxygen atoms in total. The summed E-state index contributed by atoms with van der Waals surface area (Å²) in [5.74, 6) is -0.186. The lowest BCUT2D eigenvalue weighted by molar-refractivity contribution is -0.118. The van der Waals surface area contributed by atoms with Crippen LogP contribution in [0, 0.1) is 0 Å². The van der Waals surface area contributed by atoms with E-state index in [0.717, 1.165) is 22.1 Å². The molecule has 0 unspecified atom stereocenters. The summed E-state index contributed by atoms with van der Waals surface area (Å²) in [6, 6.07) is 30.8. The third-order valence-corrected chi connectivity index (χ3v) is 6.76. The van der Waals surface area contributed by atoms with Crippen molar-refractivity contribution in [1.29, 1.82) is 0 Å². The predicted molar refractivity (Wildman–Crippen MR) is 164 cm³/mol. The molecule has 0 atom stereocenters. The van der Waals surface area contributed by atoms with Crippen LogP contribution in [0.5, 0.6) is 5.75 Å². The molecule has 1 aromatic heterocycles. The fourth-order valence-corrected chi connectivity index (χ4v) is 4.58. The molecule has 0 saturated heterocycles. The Morgan fingerprint density at radius 3 is 2.39 bits per heavy atom. The highest BCUT2D eigenvalue weighted by molar-refractivity contribution is 7.14. The summed E-state index contributed by atoms with van der Waals surface area (Å²) in [4.78, 5) is 29.5. The molecule has 10 heteroatoms. The van der Waals surface area contributed by atoms with E-state index in [1.54, 1.807) is 42.5 Å². The van der Waals surface area contributed by atoms with E-state index in [-0.39, 0.29) is 18.4 Å². The first kappa shape index (κ1) is 27.6. The van der Waals surface area contributed by atoms with Gasteiger partial charge in [0, 0.05) is 38.5 Å². The van der Waals surface area contributed by atoms with Crippen LogP contribution in [0.15, 0.2) is 114 Å². The third-order valence-electron chi connectivity index (χ3n) is 5.75. The average Bonchev–Trinajstić information content (AvgIpc) is 3.47. The Hall–Kier alpha value is -4.99. The van der Waals surface area contributed by atoms with Crippen LogP contribution in [0.1, 0.15) is 15.9 Å². The van der Waals surface area contributed by atoms with Gasteiger partial charge < -0.3 is 15.4 Å². The quantitative estimate of drug-likeness (QED) is 0.122. The van der Waals surface area contributed by atoms with E-state index in [0.29, 0.717) is 27.6 Å². The topological polar surface area (TPSA) is 105 Å². The molecule has 0 aliphatic carbocycles. The molecule has 0 aliphatic rings. The van der Waals surface area contributed by atoms with Gasteiger partial charge >= 0.3 is 0 Å². The Morgan fingerprint density at radius 1 is 0.878 bits per heavy atom. The highest BCUT2D eigenvalue weighted by Gasteiger charge is 2.09. The van der Waals surface area contributed by atoms with Crippen LogP contribution in [0.25, 0.3) is 11.3 Å². The molecule has 3 N–H and O–H groups in total. The number of carbonyl (C=O) groups excluding carboxylic acids is 2. The molecule has 5 rings (SSSR count). The molecule has 4 aromatic carbocycles. The fraction of sp³-hybridized carbons (Fsp3) is 0.0323. The van der Waals surface area contributed by atoms with Crippen molar-refractivity contribution in [3.05, 3.63) is 125 Å². The summed E-state index contributed by atoms with van der Waals surface area (Å²) in [7, 11) is 0. The number of rotatable bonds is 10. The van der Waals surface area contributed by atoms with Gasteiger partial charge in [-0.3, -0.25) is 9.59 Å². The summed E-state index contributed by atoms with van der Waals surface area (Å²) < 4.78 is 5.68. The highest BCUT2D eigenvalue weighted by Crippen LogP contribution is 2.28. The first-order valence-corrected chi connectivity index (χ1v) is 13.8. The first-order chi connectivity index (χ1) is 20.0. The molecule has 0 aliphatic heterocycles. The minimum absolute atomic E-state index is 0.171. The number of nitrogens with one attached hydrogen (secondary N) is 3. The molecule has 0 radical (unpaired) electrons. The van der Waals surface area contributed by atoms with Gasteiger partial charge in [-0.15, -0.1) is 11.3 Å². The molecule has 41 heavy (non-hydrogen) atoms. The molecule has 0 fully saturated rings. The predicted octanol–water partition coefficient (Wildman–Crippen LogP) is 6.99. The van der Waals surface area contributed by atoms with Gasteiger partial charge in [-0.25, -0.2) is 10.4 Å². The molecule has 1 heterocycles. The Labute approximate surface area is 245 Å². The van der Waals surface area contributed by atoms with E-state index in [2.05, 4.69) is 26.1 Å². The van der Waals surface area contributed by atoms with E-state index in [4.69, 9.17) is 16.3 Å². The van der Waals surface area contributed by atoms with Gasteiger partial charge in [0.2, 0.25) is 0 Å². The van der Waals surface area contributed by atoms with Crippen LogP contribution in [-0.2, 0) is 4.79 Å². The number of nitrogens with zero attached hydrogens (tertiary/aromatic N) is 2. The number of benzene rings is 4. The second-order valence-corrected chi connectivity index (χ2v) is 9.98. The van der Waals surface area contributed by atoms with Crippen LogP contribution in [0.2, 0.25) is 5.02 Å². The Morgan fingerprint density at radius 2 is 1.61 bits per heavy atom. The molecule has 204 valence electrons. The van der Waals surface area contributed by atoms with Gasteiger partial charge in [0.05, 0.1) is 11.9 Å². The SMILES string of the molecule is O=C(COc1ccccc1/C=N\NC(=O)c1ccc(-c2csc(Nc3ccc(Cl)cc3)n2)cc1)Nc1ccccc1. The van der Waals surface area contributed by atoms with Gasteiger partial charge in [-0.05, 0) is 60.7 Å². The summed E-state index contributed by atoms with van der Waals surface area (Å²) in [6.45, 7) is -0.171. The van der Waals surface area contributed by atoms with Crippen molar-refractivity contribution in [3.63, 3.8) is 0 Å². The number of carbonyl (C=O) groups is 2. The number of hydrazone groups is 1. The normalized spacial score (nSPS) is 10.8. The molecule has 0 saturated carbocycles. The zero-order valence-electron chi connectivity index (χ0n) is 21.6. The van der Waals surface area contributed by atoms with Crippen LogP contribution < -0.4 is 20.8 Å². The van der Waals surface area contributed by atoms with Gasteiger partial charge in [-0.2, -0.15) is 5.10 Å². The minimum Gasteiger partial charge on any atom is -0.483 e. The number of hydrogen-bond acceptors (Lipinski definition) is 7. The van der Waals surface area contributed by atoms with Crippen molar-refractivity contribution in [3.8, 4) is 17.0 Å². The van der Waals surface area contributed by atoms with Crippen LogP contribution >= 0.6 is 22.9 Å². The molecule has 0 bridgehead atoms. The number of anilines is 3. The zero-order chi connectivity index (χ0) is 28.4. The lowest BCUT2D eigenvalue weighted by Gasteiger charge is -2.09. The van der Waals surface area contributed by atoms with Gasteiger partial charge in [-0.1, -0.05) is 54.1 Å². The van der Waals surface area contributed by atoms with Gasteiger partial charge in [0.15, 0.2) is 11.7 Å². The average molecular weight is 582 g/mol. The summed E-state index contributed by atoms with van der Waals surface area (Å²) in [6.07, 6.45) is 1.47.